The molecule has 3 aromatic heterocycles. The minimum atomic E-state index is -1.09. The smallest absolute Gasteiger partial charge is 0.0906 e. The molecule has 0 aliphatic heterocycles. The van der Waals surface area contributed by atoms with Gasteiger partial charge in [0.05, 0.1) is 22.8 Å². The maximum absolute atomic E-state index is 11.9. The van der Waals surface area contributed by atoms with Gasteiger partial charge in [0.15, 0.2) is 0 Å². The van der Waals surface area contributed by atoms with Gasteiger partial charge in [0.1, 0.15) is 0 Å². The molecular weight excluding hydrogens is 282 g/mol. The largest absolute Gasteiger partial charge is 0.255 e. The van der Waals surface area contributed by atoms with E-state index in [-0.39, 0.29) is 0 Å². The molecule has 0 aliphatic rings. The van der Waals surface area contributed by atoms with E-state index in [9.17, 15) is 4.21 Å². The van der Waals surface area contributed by atoms with Gasteiger partial charge in [-0.15, -0.1) is 0 Å². The summed E-state index contributed by atoms with van der Waals surface area (Å²) in [4.78, 5) is 13.9. The van der Waals surface area contributed by atoms with E-state index in [1.165, 1.54) is 0 Å². The van der Waals surface area contributed by atoms with E-state index in [0.29, 0.717) is 16.3 Å². The Morgan fingerprint density at radius 1 is 0.810 bits per heavy atom. The van der Waals surface area contributed by atoms with Gasteiger partial charge in [-0.3, -0.25) is 14.2 Å². The van der Waals surface area contributed by atoms with E-state index >= 15 is 0 Å². The van der Waals surface area contributed by atoms with Gasteiger partial charge in [-0.1, -0.05) is 12.1 Å². The Bertz CT molecular complexity index is 718. The van der Waals surface area contributed by atoms with Gasteiger partial charge >= 0.3 is 0 Å². The molecule has 0 N–H and O–H groups in total. The zero-order valence-corrected chi connectivity index (χ0v) is 12.2. The van der Waals surface area contributed by atoms with Crippen molar-refractivity contribution in [3.63, 3.8) is 0 Å². The molecule has 5 heteroatoms. The summed E-state index contributed by atoms with van der Waals surface area (Å²) in [6, 6.07) is 14.9. The summed E-state index contributed by atoms with van der Waals surface area (Å²) < 4.78 is 11.9. The van der Waals surface area contributed by atoms with Gasteiger partial charge in [-0.2, -0.15) is 0 Å². The third-order valence-corrected chi connectivity index (χ3v) is 3.88. The first-order valence-electron chi connectivity index (χ1n) is 6.42. The van der Waals surface area contributed by atoms with Gasteiger partial charge in [-0.25, -0.2) is 4.98 Å². The van der Waals surface area contributed by atoms with Crippen LogP contribution >= 0.6 is 0 Å². The molecule has 3 heterocycles. The molecule has 0 unspecified atom stereocenters. The molecule has 0 aliphatic carbocycles. The first kappa shape index (κ1) is 13.6. The van der Waals surface area contributed by atoms with Gasteiger partial charge in [0.25, 0.3) is 0 Å². The van der Waals surface area contributed by atoms with Crippen molar-refractivity contribution in [3.8, 4) is 22.8 Å². The SMILES string of the molecule is C[S@@](=O)c1cc(-c2ccccn2)nc(-c2ccccn2)c1. The van der Waals surface area contributed by atoms with Crippen LogP contribution < -0.4 is 0 Å². The third-order valence-electron chi connectivity index (χ3n) is 2.99. The Kier molecular flexibility index (Phi) is 3.83. The summed E-state index contributed by atoms with van der Waals surface area (Å²) in [6.45, 7) is 0. The van der Waals surface area contributed by atoms with Gasteiger partial charge in [-0.05, 0) is 36.4 Å². The number of aromatic nitrogens is 3. The minimum Gasteiger partial charge on any atom is -0.255 e. The van der Waals surface area contributed by atoms with E-state index in [2.05, 4.69) is 15.0 Å². The second kappa shape index (κ2) is 5.93. The lowest BCUT2D eigenvalue weighted by atomic mass is 10.2. The molecule has 0 spiro atoms. The lowest BCUT2D eigenvalue weighted by molar-refractivity contribution is 0.686. The van der Waals surface area contributed by atoms with Crippen molar-refractivity contribution in [2.24, 2.45) is 0 Å². The molecule has 0 bridgehead atoms. The summed E-state index contributed by atoms with van der Waals surface area (Å²) in [7, 11) is -1.09. The Morgan fingerprint density at radius 2 is 1.33 bits per heavy atom. The van der Waals surface area contributed by atoms with Crippen LogP contribution in [0, 0.1) is 0 Å². The number of rotatable bonds is 3. The van der Waals surface area contributed by atoms with Gasteiger partial charge in [0.2, 0.25) is 0 Å². The predicted molar refractivity (Wildman–Crippen MR) is 83.0 cm³/mol. The molecule has 0 fully saturated rings. The molecule has 21 heavy (non-hydrogen) atoms. The number of hydrogen-bond donors (Lipinski definition) is 0. The summed E-state index contributed by atoms with van der Waals surface area (Å²) in [6.07, 6.45) is 5.08. The highest BCUT2D eigenvalue weighted by Crippen LogP contribution is 2.23. The molecule has 1 atom stereocenters. The van der Waals surface area contributed by atoms with Crippen LogP contribution in [0.25, 0.3) is 22.8 Å². The first-order valence-corrected chi connectivity index (χ1v) is 7.98. The van der Waals surface area contributed by atoms with Crippen molar-refractivity contribution in [3.05, 3.63) is 60.9 Å². The lowest BCUT2D eigenvalue weighted by Crippen LogP contribution is -1.96. The molecule has 104 valence electrons. The molecule has 3 rings (SSSR count). The van der Waals surface area contributed by atoms with E-state index in [0.717, 1.165) is 11.4 Å². The number of hydrogen-bond acceptors (Lipinski definition) is 4. The van der Waals surface area contributed by atoms with Crippen LogP contribution in [-0.4, -0.2) is 25.4 Å². The van der Waals surface area contributed by atoms with E-state index in [1.54, 1.807) is 18.6 Å². The molecule has 4 nitrogen and oxygen atoms in total. The molecule has 0 saturated carbocycles. The highest BCUT2D eigenvalue weighted by atomic mass is 32.2. The standard InChI is InChI=1S/C16H13N3OS/c1-21(20)12-10-15(13-6-2-4-8-17-13)19-16(11-12)14-7-3-5-9-18-14/h2-11H,1H3/t21-/m1/s1. The fourth-order valence-electron chi connectivity index (χ4n) is 1.96. The van der Waals surface area contributed by atoms with Crippen LogP contribution in [-0.2, 0) is 10.8 Å². The van der Waals surface area contributed by atoms with E-state index < -0.39 is 10.8 Å². The molecule has 0 radical (unpaired) electrons. The van der Waals surface area contributed by atoms with E-state index in [4.69, 9.17) is 0 Å². The van der Waals surface area contributed by atoms with Gasteiger partial charge in [0, 0.05) is 34.3 Å². The molecule has 0 amide bonds. The van der Waals surface area contributed by atoms with Crippen molar-refractivity contribution in [2.45, 2.75) is 4.90 Å². The minimum absolute atomic E-state index is 0.698. The van der Waals surface area contributed by atoms with Crippen LogP contribution in [0.5, 0.6) is 0 Å². The van der Waals surface area contributed by atoms with Crippen molar-refractivity contribution < 1.29 is 4.21 Å². The second-order valence-corrected chi connectivity index (χ2v) is 5.84. The Morgan fingerprint density at radius 3 is 1.71 bits per heavy atom. The maximum Gasteiger partial charge on any atom is 0.0906 e. The Balaban J connectivity index is 2.18. The van der Waals surface area contributed by atoms with Crippen molar-refractivity contribution in [1.82, 2.24) is 15.0 Å². The zero-order valence-electron chi connectivity index (χ0n) is 11.4. The highest BCUT2D eigenvalue weighted by Gasteiger charge is 2.10. The van der Waals surface area contributed by atoms with Crippen LogP contribution in [0.1, 0.15) is 0 Å². The summed E-state index contributed by atoms with van der Waals surface area (Å²) in [5.74, 6) is 0. The fraction of sp³-hybridized carbons (Fsp3) is 0.0625. The Labute approximate surface area is 125 Å². The quantitative estimate of drug-likeness (QED) is 0.745. The number of nitrogens with zero attached hydrogens (tertiary/aromatic N) is 3. The Hall–Kier alpha value is -2.40. The van der Waals surface area contributed by atoms with Gasteiger partial charge < -0.3 is 0 Å². The second-order valence-electron chi connectivity index (χ2n) is 4.46. The van der Waals surface area contributed by atoms with Crippen LogP contribution in [0.2, 0.25) is 0 Å². The molecule has 3 aromatic rings. The maximum atomic E-state index is 11.9. The van der Waals surface area contributed by atoms with Crippen molar-refractivity contribution in [2.75, 3.05) is 6.26 Å². The highest BCUT2D eigenvalue weighted by molar-refractivity contribution is 7.84. The zero-order chi connectivity index (χ0) is 14.7. The van der Waals surface area contributed by atoms with Crippen LogP contribution in [0.4, 0.5) is 0 Å². The monoisotopic (exact) mass is 295 g/mol. The molecular formula is C16H13N3OS. The summed E-state index contributed by atoms with van der Waals surface area (Å²) >= 11 is 0. The third kappa shape index (κ3) is 3.03. The van der Waals surface area contributed by atoms with Crippen LogP contribution in [0.15, 0.2) is 65.8 Å². The fourth-order valence-corrected chi connectivity index (χ4v) is 2.52. The number of pyridine rings is 3. The van der Waals surface area contributed by atoms with E-state index in [1.807, 2.05) is 48.5 Å². The lowest BCUT2D eigenvalue weighted by Gasteiger charge is -2.07. The predicted octanol–water partition coefficient (Wildman–Crippen LogP) is 2.94. The molecule has 0 saturated heterocycles. The summed E-state index contributed by atoms with van der Waals surface area (Å²) in [5, 5.41) is 0. The average Bonchev–Trinajstić information content (AvgIpc) is 2.56. The summed E-state index contributed by atoms with van der Waals surface area (Å²) in [5.41, 5.74) is 2.90. The molecule has 0 aromatic carbocycles. The van der Waals surface area contributed by atoms with Crippen LogP contribution in [0.3, 0.4) is 0 Å². The van der Waals surface area contributed by atoms with Crippen molar-refractivity contribution >= 4 is 10.8 Å². The normalized spacial score (nSPS) is 12.0. The van der Waals surface area contributed by atoms with Crippen molar-refractivity contribution in [1.29, 1.82) is 0 Å². The average molecular weight is 295 g/mol. The first-order chi connectivity index (χ1) is 10.2. The topological polar surface area (TPSA) is 55.7 Å².